The van der Waals surface area contributed by atoms with Gasteiger partial charge in [-0.25, -0.2) is 0 Å². The monoisotopic (exact) mass is 193 g/mol. The highest BCUT2D eigenvalue weighted by atomic mass is 35.5. The van der Waals surface area contributed by atoms with Gasteiger partial charge in [0.15, 0.2) is 0 Å². The van der Waals surface area contributed by atoms with Crippen molar-refractivity contribution in [1.82, 2.24) is 20.2 Å². The molecule has 13 heavy (non-hydrogen) atoms. The van der Waals surface area contributed by atoms with Crippen LogP contribution in [0.2, 0.25) is 5.02 Å². The highest BCUT2D eigenvalue weighted by molar-refractivity contribution is 6.30. The molecule has 0 amide bonds. The summed E-state index contributed by atoms with van der Waals surface area (Å²) < 4.78 is 0. The van der Waals surface area contributed by atoms with Gasteiger partial charge in [-0.2, -0.15) is 5.10 Å². The van der Waals surface area contributed by atoms with Crippen molar-refractivity contribution >= 4 is 11.6 Å². The Morgan fingerprint density at radius 3 is 2.85 bits per heavy atom. The maximum Gasteiger partial charge on any atom is 0.202 e. The lowest BCUT2D eigenvalue weighted by atomic mass is 10.2. The molecule has 1 aromatic carbocycles. The molecule has 5 heteroatoms. The Kier molecular flexibility index (Phi) is 1.90. The van der Waals surface area contributed by atoms with E-state index in [1.807, 2.05) is 12.1 Å². The highest BCUT2D eigenvalue weighted by Gasteiger charge is 2.01. The normalized spacial score (nSPS) is 10.2. The molecule has 0 bridgehead atoms. The molecule has 0 fully saturated rings. The lowest BCUT2D eigenvalue weighted by Gasteiger charge is -1.94. The first-order chi connectivity index (χ1) is 6.25. The Hall–Kier alpha value is -1.55. The number of aromatic nitrogens is 4. The number of hydrogen-bond donors (Lipinski definition) is 0. The first kappa shape index (κ1) is 8.07. The van der Waals surface area contributed by atoms with Gasteiger partial charge in [0.05, 0.1) is 0 Å². The minimum atomic E-state index is 0.525. The van der Waals surface area contributed by atoms with Gasteiger partial charge in [0, 0.05) is 10.6 Å². The van der Waals surface area contributed by atoms with Crippen LogP contribution < -0.4 is 0 Å². The fourth-order valence-electron chi connectivity index (χ4n) is 0.986. The number of halogens is 1. The van der Waals surface area contributed by atoms with Crippen LogP contribution in [0.3, 0.4) is 0 Å². The van der Waals surface area contributed by atoms with Gasteiger partial charge < -0.3 is 4.80 Å². The fourth-order valence-corrected chi connectivity index (χ4v) is 1.18. The molecule has 0 aliphatic carbocycles. The number of benzene rings is 1. The van der Waals surface area contributed by atoms with Gasteiger partial charge in [0.1, 0.15) is 0 Å². The molecule has 0 radical (unpaired) electrons. The summed E-state index contributed by atoms with van der Waals surface area (Å²) in [5.74, 6) is 0.525. The second kappa shape index (κ2) is 3.06. The first-order valence-corrected chi connectivity index (χ1v) is 4.00. The molecule has 1 heterocycles. The maximum atomic E-state index is 5.80. The van der Waals surface area contributed by atoms with E-state index in [1.54, 1.807) is 12.1 Å². The van der Waals surface area contributed by atoms with Crippen molar-refractivity contribution in [3.05, 3.63) is 36.3 Å². The molecule has 0 spiro atoms. The zero-order chi connectivity index (χ0) is 9.26. The topological polar surface area (TPSA) is 43.6 Å². The molecule has 0 saturated heterocycles. The van der Waals surface area contributed by atoms with E-state index in [0.717, 1.165) is 10.4 Å². The van der Waals surface area contributed by atoms with E-state index in [9.17, 15) is 0 Å². The fraction of sp³-hybridized carbons (Fsp3) is 0. The van der Waals surface area contributed by atoms with Crippen molar-refractivity contribution in [3.8, 4) is 11.4 Å². The average Bonchev–Trinajstić information content (AvgIpc) is 2.52. The summed E-state index contributed by atoms with van der Waals surface area (Å²) in [6, 6.07) is 7.27. The van der Waals surface area contributed by atoms with Gasteiger partial charge in [-0.1, -0.05) is 28.9 Å². The predicted octanol–water partition coefficient (Wildman–Crippen LogP) is 1.63. The second-order valence-electron chi connectivity index (χ2n) is 2.50. The zero-order valence-corrected chi connectivity index (χ0v) is 7.44. The Balaban J connectivity index is 2.46. The van der Waals surface area contributed by atoms with E-state index in [1.165, 1.54) is 0 Å². The van der Waals surface area contributed by atoms with Crippen LogP contribution >= 0.6 is 11.6 Å². The summed E-state index contributed by atoms with van der Waals surface area (Å²) >= 11 is 5.80. The zero-order valence-electron chi connectivity index (χ0n) is 6.68. The smallest absolute Gasteiger partial charge is 0.202 e. The quantitative estimate of drug-likeness (QED) is 0.647. The number of tetrazole rings is 1. The van der Waals surface area contributed by atoms with Crippen LogP contribution in [0.25, 0.3) is 11.4 Å². The molecule has 66 valence electrons. The summed E-state index contributed by atoms with van der Waals surface area (Å²) in [5, 5.41) is 12.0. The van der Waals surface area contributed by atoms with Crippen molar-refractivity contribution in [2.75, 3.05) is 0 Å². The number of rotatable bonds is 1. The summed E-state index contributed by atoms with van der Waals surface area (Å²) in [6.07, 6.45) is 0. The molecule has 4 nitrogen and oxygen atoms in total. The second-order valence-corrected chi connectivity index (χ2v) is 2.93. The van der Waals surface area contributed by atoms with Gasteiger partial charge in [-0.3, -0.25) is 7.05 Å². The van der Waals surface area contributed by atoms with Crippen LogP contribution in [-0.2, 0) is 0 Å². The molecule has 0 unspecified atom stereocenters. The van der Waals surface area contributed by atoms with Gasteiger partial charge >= 0.3 is 0 Å². The molecule has 0 saturated carbocycles. The SMILES string of the molecule is [CH2-]n1nnc(-c2cccc(Cl)c2)n1. The number of hydrogen-bond acceptors (Lipinski definition) is 3. The molecule has 2 rings (SSSR count). The standard InChI is InChI=1S/C8H6ClN4/c1-13-11-8(10-12-13)6-3-2-4-7(9)5-6/h2-5H,1H2/q-1. The molecule has 0 aliphatic heterocycles. The van der Waals surface area contributed by atoms with Crippen molar-refractivity contribution < 1.29 is 0 Å². The molecule has 0 atom stereocenters. The average molecular weight is 194 g/mol. The summed E-state index contributed by atoms with van der Waals surface area (Å²) in [4.78, 5) is 1.16. The third kappa shape index (κ3) is 1.62. The van der Waals surface area contributed by atoms with Crippen LogP contribution in [0.1, 0.15) is 0 Å². The van der Waals surface area contributed by atoms with Crippen LogP contribution in [-0.4, -0.2) is 20.2 Å². The molecule has 0 N–H and O–H groups in total. The van der Waals surface area contributed by atoms with Crippen molar-refractivity contribution in [3.63, 3.8) is 0 Å². The highest BCUT2D eigenvalue weighted by Crippen LogP contribution is 2.17. The van der Waals surface area contributed by atoms with E-state index in [4.69, 9.17) is 11.6 Å². The Morgan fingerprint density at radius 2 is 2.23 bits per heavy atom. The summed E-state index contributed by atoms with van der Waals surface area (Å²) in [7, 11) is 3.49. The largest absolute Gasteiger partial charge is 0.301 e. The van der Waals surface area contributed by atoms with Crippen LogP contribution in [0.15, 0.2) is 24.3 Å². The summed E-state index contributed by atoms with van der Waals surface area (Å²) in [5.41, 5.74) is 0.836. The third-order valence-electron chi connectivity index (χ3n) is 1.54. The van der Waals surface area contributed by atoms with E-state index in [0.29, 0.717) is 10.8 Å². The number of nitrogens with zero attached hydrogens (tertiary/aromatic N) is 4. The summed E-state index contributed by atoms with van der Waals surface area (Å²) in [6.45, 7) is 0. The van der Waals surface area contributed by atoms with Crippen molar-refractivity contribution in [1.29, 1.82) is 0 Å². The van der Waals surface area contributed by atoms with Gasteiger partial charge in [0.25, 0.3) is 0 Å². The molecule has 2 aromatic rings. The van der Waals surface area contributed by atoms with Crippen molar-refractivity contribution in [2.45, 2.75) is 0 Å². The lowest BCUT2D eigenvalue weighted by molar-refractivity contribution is 0.714. The van der Waals surface area contributed by atoms with Crippen LogP contribution in [0, 0.1) is 7.05 Å². The first-order valence-electron chi connectivity index (χ1n) is 3.62. The molecular formula is C8H6ClN4-. The van der Waals surface area contributed by atoms with Gasteiger partial charge in [0.2, 0.25) is 5.82 Å². The van der Waals surface area contributed by atoms with Gasteiger partial charge in [-0.05, 0) is 12.1 Å². The Bertz CT molecular complexity index is 424. The van der Waals surface area contributed by atoms with Crippen LogP contribution in [0.4, 0.5) is 0 Å². The lowest BCUT2D eigenvalue weighted by Crippen LogP contribution is -1.89. The predicted molar refractivity (Wildman–Crippen MR) is 49.0 cm³/mol. The van der Waals surface area contributed by atoms with E-state index >= 15 is 0 Å². The van der Waals surface area contributed by atoms with Crippen molar-refractivity contribution in [2.24, 2.45) is 0 Å². The minimum Gasteiger partial charge on any atom is -0.301 e. The third-order valence-corrected chi connectivity index (χ3v) is 1.77. The van der Waals surface area contributed by atoms with E-state index < -0.39 is 0 Å². The van der Waals surface area contributed by atoms with E-state index in [-0.39, 0.29) is 0 Å². The van der Waals surface area contributed by atoms with E-state index in [2.05, 4.69) is 22.5 Å². The molecular weight excluding hydrogens is 188 g/mol. The maximum absolute atomic E-state index is 5.80. The molecule has 1 aromatic heterocycles. The minimum absolute atomic E-state index is 0.525. The Labute approximate surface area is 80.1 Å². The van der Waals surface area contributed by atoms with Crippen LogP contribution in [0.5, 0.6) is 0 Å². The molecule has 0 aliphatic rings. The van der Waals surface area contributed by atoms with Gasteiger partial charge in [-0.15, -0.1) is 5.10 Å². The Morgan fingerprint density at radius 1 is 1.38 bits per heavy atom.